The summed E-state index contributed by atoms with van der Waals surface area (Å²) in [6, 6.07) is 4.36. The third kappa shape index (κ3) is 2.31. The normalized spacial score (nSPS) is 10.9. The van der Waals surface area contributed by atoms with E-state index in [2.05, 4.69) is 37.9 Å². The van der Waals surface area contributed by atoms with E-state index >= 15 is 0 Å². The molecule has 0 bridgehead atoms. The lowest BCUT2D eigenvalue weighted by molar-refractivity contribution is 0.476. The van der Waals surface area contributed by atoms with Gasteiger partial charge in [-0.2, -0.15) is 0 Å². The van der Waals surface area contributed by atoms with Gasteiger partial charge in [0.2, 0.25) is 0 Å². The van der Waals surface area contributed by atoms with E-state index in [9.17, 15) is 0 Å². The molecule has 2 rings (SSSR count). The Morgan fingerprint density at radius 3 is 2.28 bits per heavy atom. The molecule has 0 saturated heterocycles. The van der Waals surface area contributed by atoms with Crippen molar-refractivity contribution in [1.29, 1.82) is 0 Å². The maximum absolute atomic E-state index is 5.66. The fraction of sp³-hybridized carbons (Fsp3) is 0.400. The minimum atomic E-state index is 0.575. The van der Waals surface area contributed by atoms with Gasteiger partial charge in [0, 0.05) is 18.9 Å². The van der Waals surface area contributed by atoms with Gasteiger partial charge in [0.1, 0.15) is 11.5 Å². The number of nitrogens with two attached hydrogens (primary N) is 1. The minimum absolute atomic E-state index is 0.575. The van der Waals surface area contributed by atoms with Crippen LogP contribution in [0.5, 0.6) is 0 Å². The molecular weight excluding hydrogens is 224 g/mol. The van der Waals surface area contributed by atoms with E-state index in [4.69, 9.17) is 10.2 Å². The van der Waals surface area contributed by atoms with Crippen molar-refractivity contribution in [3.05, 3.63) is 40.5 Å². The van der Waals surface area contributed by atoms with Gasteiger partial charge in [0.15, 0.2) is 5.89 Å². The number of hydrogen-bond donors (Lipinski definition) is 1. The summed E-state index contributed by atoms with van der Waals surface area (Å²) in [5.74, 6) is 1.60. The summed E-state index contributed by atoms with van der Waals surface area (Å²) in [5.41, 5.74) is 11.5. The van der Waals surface area contributed by atoms with Crippen LogP contribution in [0.25, 0.3) is 11.3 Å². The number of aromatic nitrogens is 1. The van der Waals surface area contributed by atoms with Crippen molar-refractivity contribution in [1.82, 2.24) is 4.98 Å². The van der Waals surface area contributed by atoms with Crippen molar-refractivity contribution in [2.75, 3.05) is 6.54 Å². The van der Waals surface area contributed by atoms with Crippen LogP contribution in [-0.4, -0.2) is 11.5 Å². The van der Waals surface area contributed by atoms with Crippen LogP contribution in [0.4, 0.5) is 0 Å². The number of hydrogen-bond acceptors (Lipinski definition) is 3. The van der Waals surface area contributed by atoms with Gasteiger partial charge in [-0.1, -0.05) is 17.7 Å². The van der Waals surface area contributed by atoms with Crippen LogP contribution in [-0.2, 0) is 6.42 Å². The zero-order chi connectivity index (χ0) is 13.3. The first-order valence-electron chi connectivity index (χ1n) is 6.27. The molecule has 0 aliphatic rings. The number of benzene rings is 1. The minimum Gasteiger partial charge on any atom is -0.445 e. The molecule has 0 atom stereocenters. The fourth-order valence-electron chi connectivity index (χ4n) is 2.52. The van der Waals surface area contributed by atoms with E-state index < -0.39 is 0 Å². The molecule has 0 aliphatic carbocycles. The molecule has 0 unspecified atom stereocenters. The van der Waals surface area contributed by atoms with Crippen LogP contribution < -0.4 is 5.73 Å². The highest BCUT2D eigenvalue weighted by molar-refractivity contribution is 5.69. The van der Waals surface area contributed by atoms with Crippen molar-refractivity contribution in [3.63, 3.8) is 0 Å². The highest BCUT2D eigenvalue weighted by Crippen LogP contribution is 2.31. The van der Waals surface area contributed by atoms with Gasteiger partial charge in [-0.05, 0) is 38.4 Å². The Labute approximate surface area is 108 Å². The Kier molecular flexibility index (Phi) is 3.53. The van der Waals surface area contributed by atoms with Crippen LogP contribution in [0.3, 0.4) is 0 Å². The summed E-state index contributed by atoms with van der Waals surface area (Å²) in [6.07, 6.45) is 0.725. The van der Waals surface area contributed by atoms with E-state index in [-0.39, 0.29) is 0 Å². The summed E-state index contributed by atoms with van der Waals surface area (Å²) in [5, 5.41) is 0. The number of nitrogens with zero attached hydrogens (tertiary/aromatic N) is 1. The Bertz CT molecular complexity index is 547. The van der Waals surface area contributed by atoms with Crippen LogP contribution in [0.15, 0.2) is 16.5 Å². The molecule has 0 spiro atoms. The van der Waals surface area contributed by atoms with E-state index in [0.717, 1.165) is 17.9 Å². The Morgan fingerprint density at radius 2 is 1.72 bits per heavy atom. The van der Waals surface area contributed by atoms with Gasteiger partial charge in [-0.25, -0.2) is 4.98 Å². The molecule has 1 heterocycles. The van der Waals surface area contributed by atoms with Gasteiger partial charge < -0.3 is 10.2 Å². The Morgan fingerprint density at radius 1 is 1.11 bits per heavy atom. The molecule has 0 amide bonds. The van der Waals surface area contributed by atoms with Crippen LogP contribution >= 0.6 is 0 Å². The molecule has 2 N–H and O–H groups in total. The van der Waals surface area contributed by atoms with Crippen LogP contribution in [0.1, 0.15) is 28.3 Å². The SMILES string of the molecule is Cc1cc(C)c(-c2nc(C)oc2CCN)c(C)c1. The quantitative estimate of drug-likeness (QED) is 0.902. The first kappa shape index (κ1) is 12.8. The van der Waals surface area contributed by atoms with Crippen molar-refractivity contribution >= 4 is 0 Å². The number of rotatable bonds is 3. The van der Waals surface area contributed by atoms with E-state index in [1.807, 2.05) is 6.92 Å². The first-order valence-corrected chi connectivity index (χ1v) is 6.27. The predicted octanol–water partition coefficient (Wildman–Crippen LogP) is 3.08. The van der Waals surface area contributed by atoms with Crippen LogP contribution in [0, 0.1) is 27.7 Å². The highest BCUT2D eigenvalue weighted by Gasteiger charge is 2.16. The monoisotopic (exact) mass is 244 g/mol. The molecule has 18 heavy (non-hydrogen) atoms. The van der Waals surface area contributed by atoms with Crippen molar-refractivity contribution < 1.29 is 4.42 Å². The topological polar surface area (TPSA) is 52.0 Å². The molecular formula is C15H20N2O. The third-order valence-electron chi connectivity index (χ3n) is 3.09. The predicted molar refractivity (Wildman–Crippen MR) is 73.6 cm³/mol. The van der Waals surface area contributed by atoms with Gasteiger partial charge >= 0.3 is 0 Å². The molecule has 2 aromatic rings. The third-order valence-corrected chi connectivity index (χ3v) is 3.09. The van der Waals surface area contributed by atoms with Crippen LogP contribution in [0.2, 0.25) is 0 Å². The lowest BCUT2D eigenvalue weighted by atomic mass is 9.96. The highest BCUT2D eigenvalue weighted by atomic mass is 16.4. The largest absolute Gasteiger partial charge is 0.445 e. The Balaban J connectivity index is 2.61. The molecule has 1 aromatic heterocycles. The van der Waals surface area contributed by atoms with Crippen molar-refractivity contribution in [3.8, 4) is 11.3 Å². The van der Waals surface area contributed by atoms with Gasteiger partial charge in [-0.15, -0.1) is 0 Å². The molecule has 96 valence electrons. The zero-order valence-electron chi connectivity index (χ0n) is 11.5. The zero-order valence-corrected chi connectivity index (χ0v) is 11.5. The van der Waals surface area contributed by atoms with Gasteiger partial charge in [0.05, 0.1) is 0 Å². The van der Waals surface area contributed by atoms with Crippen molar-refractivity contribution in [2.45, 2.75) is 34.1 Å². The Hall–Kier alpha value is -1.61. The molecule has 0 radical (unpaired) electrons. The van der Waals surface area contributed by atoms with Crippen molar-refractivity contribution in [2.24, 2.45) is 5.73 Å². The standard InChI is InChI=1S/C15H20N2O/c1-9-7-10(2)14(11(3)8-9)15-13(5-6-16)18-12(4)17-15/h7-8H,5-6,16H2,1-4H3. The second-order valence-corrected chi connectivity index (χ2v) is 4.82. The number of aryl methyl sites for hydroxylation is 4. The summed E-state index contributed by atoms with van der Waals surface area (Å²) in [7, 11) is 0. The van der Waals surface area contributed by atoms with E-state index in [1.54, 1.807) is 0 Å². The number of oxazole rings is 1. The second-order valence-electron chi connectivity index (χ2n) is 4.82. The molecule has 1 aromatic carbocycles. The molecule has 0 aliphatic heterocycles. The molecule has 0 saturated carbocycles. The molecule has 0 fully saturated rings. The maximum atomic E-state index is 5.66. The smallest absolute Gasteiger partial charge is 0.191 e. The lowest BCUT2D eigenvalue weighted by Gasteiger charge is -2.10. The molecule has 3 nitrogen and oxygen atoms in total. The van der Waals surface area contributed by atoms with E-state index in [0.29, 0.717) is 12.4 Å². The average Bonchev–Trinajstić information content (AvgIpc) is 2.58. The summed E-state index contributed by atoms with van der Waals surface area (Å²) >= 11 is 0. The van der Waals surface area contributed by atoms with Gasteiger partial charge in [0.25, 0.3) is 0 Å². The molecule has 3 heteroatoms. The first-order chi connectivity index (χ1) is 8.52. The summed E-state index contributed by atoms with van der Waals surface area (Å²) < 4.78 is 5.66. The fourth-order valence-corrected chi connectivity index (χ4v) is 2.52. The second kappa shape index (κ2) is 4.94. The average molecular weight is 244 g/mol. The lowest BCUT2D eigenvalue weighted by Crippen LogP contribution is -2.03. The summed E-state index contributed by atoms with van der Waals surface area (Å²) in [6.45, 7) is 8.80. The van der Waals surface area contributed by atoms with E-state index in [1.165, 1.54) is 22.3 Å². The maximum Gasteiger partial charge on any atom is 0.191 e. The summed E-state index contributed by atoms with van der Waals surface area (Å²) in [4.78, 5) is 4.53. The van der Waals surface area contributed by atoms with Gasteiger partial charge in [-0.3, -0.25) is 0 Å².